The maximum atomic E-state index is 11.6. The first-order chi connectivity index (χ1) is 7.47. The van der Waals surface area contributed by atoms with Crippen molar-refractivity contribution in [2.24, 2.45) is 0 Å². The van der Waals surface area contributed by atoms with Crippen molar-refractivity contribution in [2.45, 2.75) is 4.90 Å². The first-order valence-electron chi connectivity index (χ1n) is 4.43. The Hall–Kier alpha value is -1.47. The zero-order valence-corrected chi connectivity index (χ0v) is 9.44. The number of nitro groups is 1. The van der Waals surface area contributed by atoms with Crippen molar-refractivity contribution in [1.29, 1.82) is 0 Å². The smallest absolute Gasteiger partial charge is 0.269 e. The van der Waals surface area contributed by atoms with Gasteiger partial charge in [-0.3, -0.25) is 10.1 Å². The SMILES string of the molecule is COCCS(=O)(=O)c1ccc([N+](=O)[O-])cc1. The summed E-state index contributed by atoms with van der Waals surface area (Å²) < 4.78 is 27.9. The molecule has 0 unspecified atom stereocenters. The highest BCUT2D eigenvalue weighted by Crippen LogP contribution is 2.16. The van der Waals surface area contributed by atoms with Gasteiger partial charge in [0.25, 0.3) is 5.69 Å². The van der Waals surface area contributed by atoms with E-state index in [9.17, 15) is 18.5 Å². The van der Waals surface area contributed by atoms with Gasteiger partial charge >= 0.3 is 0 Å². The normalized spacial score (nSPS) is 11.3. The summed E-state index contributed by atoms with van der Waals surface area (Å²) in [6.45, 7) is 0.0965. The van der Waals surface area contributed by atoms with Crippen LogP contribution in [-0.4, -0.2) is 32.8 Å². The average Bonchev–Trinajstić information content (AvgIpc) is 2.26. The Bertz CT molecular complexity index is 465. The second-order valence-electron chi connectivity index (χ2n) is 3.06. The molecule has 0 radical (unpaired) electrons. The number of nitro benzene ring substituents is 1. The summed E-state index contributed by atoms with van der Waals surface area (Å²) in [6.07, 6.45) is 0. The van der Waals surface area contributed by atoms with Crippen LogP contribution in [0.5, 0.6) is 0 Å². The number of hydrogen-bond donors (Lipinski definition) is 0. The van der Waals surface area contributed by atoms with Crippen molar-refractivity contribution < 1.29 is 18.1 Å². The maximum absolute atomic E-state index is 11.6. The number of non-ortho nitro benzene ring substituents is 1. The Morgan fingerprint density at radius 2 is 1.88 bits per heavy atom. The van der Waals surface area contributed by atoms with E-state index in [2.05, 4.69) is 4.74 Å². The number of rotatable bonds is 5. The van der Waals surface area contributed by atoms with Gasteiger partial charge < -0.3 is 4.74 Å². The van der Waals surface area contributed by atoms with Gasteiger partial charge in [0.05, 0.1) is 22.2 Å². The molecule has 0 fully saturated rings. The molecule has 0 amide bonds. The van der Waals surface area contributed by atoms with Crippen LogP contribution in [0.3, 0.4) is 0 Å². The third-order valence-electron chi connectivity index (χ3n) is 1.96. The Kier molecular flexibility index (Phi) is 3.97. The molecule has 0 aromatic heterocycles. The quantitative estimate of drug-likeness (QED) is 0.570. The number of ether oxygens (including phenoxy) is 1. The minimum Gasteiger partial charge on any atom is -0.384 e. The van der Waals surface area contributed by atoms with E-state index in [4.69, 9.17) is 0 Å². The molecule has 0 atom stereocenters. The van der Waals surface area contributed by atoms with E-state index in [-0.39, 0.29) is 22.9 Å². The zero-order valence-electron chi connectivity index (χ0n) is 8.62. The summed E-state index contributed by atoms with van der Waals surface area (Å²) in [7, 11) is -2.00. The summed E-state index contributed by atoms with van der Waals surface area (Å²) in [5.41, 5.74) is -0.134. The van der Waals surface area contributed by atoms with Crippen LogP contribution in [0.2, 0.25) is 0 Å². The minimum absolute atomic E-state index is 0.0650. The molecule has 88 valence electrons. The molecule has 0 aliphatic heterocycles. The monoisotopic (exact) mass is 245 g/mol. The van der Waals surface area contributed by atoms with Gasteiger partial charge in [0.2, 0.25) is 0 Å². The van der Waals surface area contributed by atoms with Gasteiger partial charge in [-0.1, -0.05) is 0 Å². The van der Waals surface area contributed by atoms with Gasteiger partial charge in [0.1, 0.15) is 0 Å². The molecule has 1 rings (SSSR count). The van der Waals surface area contributed by atoms with E-state index in [1.165, 1.54) is 31.4 Å². The molecule has 0 heterocycles. The van der Waals surface area contributed by atoms with Gasteiger partial charge in [-0.2, -0.15) is 0 Å². The fraction of sp³-hybridized carbons (Fsp3) is 0.333. The lowest BCUT2D eigenvalue weighted by molar-refractivity contribution is -0.384. The number of sulfone groups is 1. The van der Waals surface area contributed by atoms with Crippen molar-refractivity contribution in [3.05, 3.63) is 34.4 Å². The molecule has 16 heavy (non-hydrogen) atoms. The minimum atomic E-state index is -3.41. The van der Waals surface area contributed by atoms with Crippen molar-refractivity contribution in [2.75, 3.05) is 19.5 Å². The molecule has 0 saturated heterocycles. The Morgan fingerprint density at radius 1 is 1.31 bits per heavy atom. The Morgan fingerprint density at radius 3 is 2.31 bits per heavy atom. The van der Waals surface area contributed by atoms with Gasteiger partial charge in [-0.15, -0.1) is 0 Å². The highest BCUT2D eigenvalue weighted by molar-refractivity contribution is 7.91. The largest absolute Gasteiger partial charge is 0.384 e. The van der Waals surface area contributed by atoms with E-state index >= 15 is 0 Å². The van der Waals surface area contributed by atoms with Crippen LogP contribution < -0.4 is 0 Å². The summed E-state index contributed by atoms with van der Waals surface area (Å²) >= 11 is 0. The number of methoxy groups -OCH3 is 1. The molecule has 0 aliphatic carbocycles. The topological polar surface area (TPSA) is 86.5 Å². The van der Waals surface area contributed by atoms with E-state index in [0.29, 0.717) is 0 Å². The predicted octanol–water partition coefficient (Wildman–Crippen LogP) is 1.01. The average molecular weight is 245 g/mol. The first kappa shape index (κ1) is 12.6. The van der Waals surface area contributed by atoms with E-state index < -0.39 is 14.8 Å². The molecule has 1 aromatic rings. The molecular formula is C9H11NO5S. The lowest BCUT2D eigenvalue weighted by atomic mass is 10.3. The summed E-state index contributed by atoms with van der Waals surface area (Å²) in [4.78, 5) is 9.86. The number of benzene rings is 1. The number of hydrogen-bond acceptors (Lipinski definition) is 5. The van der Waals surface area contributed by atoms with Crippen LogP contribution in [0, 0.1) is 10.1 Å². The van der Waals surface area contributed by atoms with Crippen LogP contribution >= 0.6 is 0 Å². The second kappa shape index (κ2) is 5.04. The summed E-state index contributed by atoms with van der Waals surface area (Å²) in [5, 5.41) is 10.4. The zero-order chi connectivity index (χ0) is 12.2. The van der Waals surface area contributed by atoms with Crippen LogP contribution in [0.1, 0.15) is 0 Å². The van der Waals surface area contributed by atoms with Crippen LogP contribution in [0.25, 0.3) is 0 Å². The lowest BCUT2D eigenvalue weighted by Crippen LogP contribution is -2.11. The van der Waals surface area contributed by atoms with Crippen molar-refractivity contribution in [3.63, 3.8) is 0 Å². The molecule has 0 saturated carbocycles. The van der Waals surface area contributed by atoms with E-state index in [1.54, 1.807) is 0 Å². The molecule has 0 N–H and O–H groups in total. The van der Waals surface area contributed by atoms with Gasteiger partial charge in [0, 0.05) is 19.2 Å². The van der Waals surface area contributed by atoms with Crippen molar-refractivity contribution in [3.8, 4) is 0 Å². The molecule has 6 nitrogen and oxygen atoms in total. The van der Waals surface area contributed by atoms with Crippen LogP contribution in [0.4, 0.5) is 5.69 Å². The van der Waals surface area contributed by atoms with Crippen molar-refractivity contribution >= 4 is 15.5 Å². The maximum Gasteiger partial charge on any atom is 0.269 e. The van der Waals surface area contributed by atoms with Crippen LogP contribution in [0.15, 0.2) is 29.2 Å². The fourth-order valence-corrected chi connectivity index (χ4v) is 2.26. The molecule has 0 aliphatic rings. The standard InChI is InChI=1S/C9H11NO5S/c1-15-6-7-16(13,14)9-4-2-8(3-5-9)10(11)12/h2-5H,6-7H2,1H3. The Balaban J connectivity index is 2.93. The third kappa shape index (κ3) is 3.01. The molecule has 0 bridgehead atoms. The predicted molar refractivity (Wildman–Crippen MR) is 57.0 cm³/mol. The number of nitrogens with zero attached hydrogens (tertiary/aromatic N) is 1. The highest BCUT2D eigenvalue weighted by atomic mass is 32.2. The first-order valence-corrected chi connectivity index (χ1v) is 6.09. The van der Waals surface area contributed by atoms with E-state index in [1.807, 2.05) is 0 Å². The molecule has 1 aromatic carbocycles. The third-order valence-corrected chi connectivity index (χ3v) is 3.66. The van der Waals surface area contributed by atoms with E-state index in [0.717, 1.165) is 0 Å². The fourth-order valence-electron chi connectivity index (χ4n) is 1.09. The van der Waals surface area contributed by atoms with Crippen molar-refractivity contribution in [1.82, 2.24) is 0 Å². The summed E-state index contributed by atoms with van der Waals surface area (Å²) in [6, 6.07) is 4.78. The molecule has 0 spiro atoms. The summed E-state index contributed by atoms with van der Waals surface area (Å²) in [5.74, 6) is -0.138. The lowest BCUT2D eigenvalue weighted by Gasteiger charge is -2.02. The Labute approximate surface area is 92.9 Å². The highest BCUT2D eigenvalue weighted by Gasteiger charge is 2.15. The van der Waals surface area contributed by atoms with Gasteiger partial charge in [-0.25, -0.2) is 8.42 Å². The molecule has 7 heteroatoms. The van der Waals surface area contributed by atoms with Gasteiger partial charge in [-0.05, 0) is 12.1 Å². The van der Waals surface area contributed by atoms with Gasteiger partial charge in [0.15, 0.2) is 9.84 Å². The second-order valence-corrected chi connectivity index (χ2v) is 5.17. The molecular weight excluding hydrogens is 234 g/mol. The van der Waals surface area contributed by atoms with Crippen LogP contribution in [-0.2, 0) is 14.6 Å².